The fourth-order valence-electron chi connectivity index (χ4n) is 3.52. The first-order valence-electron chi connectivity index (χ1n) is 8.10. The second-order valence-electron chi connectivity index (χ2n) is 6.06. The Kier molecular flexibility index (Phi) is 3.74. The molecule has 0 aromatic heterocycles. The monoisotopic (exact) mass is 310 g/mol. The molecular weight excluding hydrogens is 291 g/mol. The molecule has 1 aromatic carbocycles. The summed E-state index contributed by atoms with van der Waals surface area (Å²) in [5.74, 6) is 2.01. The number of nitrogens with one attached hydrogen (secondary N) is 1. The lowest BCUT2D eigenvalue weighted by Gasteiger charge is -2.21. The largest absolute Gasteiger partial charge is 0.465 e. The number of rotatable bonds is 4. The predicted molar refractivity (Wildman–Crippen MR) is 88.6 cm³/mol. The summed E-state index contributed by atoms with van der Waals surface area (Å²) >= 11 is 0. The molecule has 1 aliphatic carbocycles. The van der Waals surface area contributed by atoms with E-state index in [2.05, 4.69) is 16.4 Å². The number of benzene rings is 1. The third-order valence-corrected chi connectivity index (χ3v) is 4.64. The van der Waals surface area contributed by atoms with Gasteiger partial charge in [0.1, 0.15) is 11.6 Å². The molecule has 0 bridgehead atoms. The lowest BCUT2D eigenvalue weighted by atomic mass is 9.87. The molecule has 0 saturated heterocycles. The lowest BCUT2D eigenvalue weighted by molar-refractivity contribution is 0.352. The van der Waals surface area contributed by atoms with E-state index >= 15 is 0 Å². The van der Waals surface area contributed by atoms with Gasteiger partial charge in [-0.05, 0) is 47.8 Å². The van der Waals surface area contributed by atoms with Gasteiger partial charge in [0, 0.05) is 18.9 Å². The SMILES string of the molecule is Fc1ccc(C(CC2=NCCN2)C2=C3OC=CC=C3CC2)cc1. The van der Waals surface area contributed by atoms with Crippen molar-refractivity contribution in [3.63, 3.8) is 0 Å². The maximum absolute atomic E-state index is 13.3. The topological polar surface area (TPSA) is 33.6 Å². The number of amidine groups is 1. The van der Waals surface area contributed by atoms with Crippen molar-refractivity contribution in [2.24, 2.45) is 4.99 Å². The van der Waals surface area contributed by atoms with E-state index in [1.165, 1.54) is 23.3 Å². The molecule has 3 nitrogen and oxygen atoms in total. The van der Waals surface area contributed by atoms with E-state index in [1.807, 2.05) is 18.2 Å². The molecule has 2 heterocycles. The molecule has 1 unspecified atom stereocenters. The van der Waals surface area contributed by atoms with Crippen molar-refractivity contribution in [2.75, 3.05) is 13.1 Å². The Labute approximate surface area is 135 Å². The van der Waals surface area contributed by atoms with Crippen LogP contribution in [0, 0.1) is 5.82 Å². The van der Waals surface area contributed by atoms with Crippen LogP contribution in [-0.4, -0.2) is 18.9 Å². The van der Waals surface area contributed by atoms with Crippen LogP contribution < -0.4 is 5.32 Å². The molecule has 118 valence electrons. The summed E-state index contributed by atoms with van der Waals surface area (Å²) in [5.41, 5.74) is 3.67. The number of fused-ring (bicyclic) bond motifs is 1. The summed E-state index contributed by atoms with van der Waals surface area (Å²) in [5, 5.41) is 3.35. The molecule has 0 radical (unpaired) electrons. The smallest absolute Gasteiger partial charge is 0.129 e. The minimum absolute atomic E-state index is 0.173. The van der Waals surface area contributed by atoms with Crippen LogP contribution in [0.4, 0.5) is 4.39 Å². The lowest BCUT2D eigenvalue weighted by Crippen LogP contribution is -2.22. The first-order valence-corrected chi connectivity index (χ1v) is 8.10. The van der Waals surface area contributed by atoms with Gasteiger partial charge in [-0.25, -0.2) is 4.39 Å². The minimum atomic E-state index is -0.203. The summed E-state index contributed by atoms with van der Waals surface area (Å²) in [7, 11) is 0. The number of ether oxygens (including phenoxy) is 1. The van der Waals surface area contributed by atoms with Crippen molar-refractivity contribution in [3.8, 4) is 0 Å². The highest BCUT2D eigenvalue weighted by atomic mass is 19.1. The van der Waals surface area contributed by atoms with Gasteiger partial charge in [-0.3, -0.25) is 4.99 Å². The Morgan fingerprint density at radius 3 is 2.87 bits per heavy atom. The number of halogens is 1. The normalized spacial score (nSPS) is 20.6. The summed E-state index contributed by atoms with van der Waals surface area (Å²) in [6.45, 7) is 1.74. The van der Waals surface area contributed by atoms with E-state index in [4.69, 9.17) is 4.74 Å². The number of aliphatic imine (C=N–C) groups is 1. The number of hydrogen-bond acceptors (Lipinski definition) is 3. The molecule has 0 amide bonds. The fourth-order valence-corrected chi connectivity index (χ4v) is 3.52. The number of hydrogen-bond donors (Lipinski definition) is 1. The summed E-state index contributed by atoms with van der Waals surface area (Å²) in [4.78, 5) is 4.53. The van der Waals surface area contributed by atoms with Gasteiger partial charge in [0.05, 0.1) is 18.6 Å². The van der Waals surface area contributed by atoms with Gasteiger partial charge < -0.3 is 10.1 Å². The highest BCUT2D eigenvalue weighted by Crippen LogP contribution is 2.43. The van der Waals surface area contributed by atoms with Gasteiger partial charge in [-0.15, -0.1) is 0 Å². The highest BCUT2D eigenvalue weighted by molar-refractivity contribution is 5.84. The van der Waals surface area contributed by atoms with Gasteiger partial charge in [0.2, 0.25) is 0 Å². The second-order valence-corrected chi connectivity index (χ2v) is 6.06. The maximum atomic E-state index is 13.3. The molecule has 2 aliphatic heterocycles. The van der Waals surface area contributed by atoms with E-state index < -0.39 is 0 Å². The van der Waals surface area contributed by atoms with E-state index in [1.54, 1.807) is 6.26 Å². The van der Waals surface area contributed by atoms with Crippen LogP contribution in [0.15, 0.2) is 64.6 Å². The molecule has 4 heteroatoms. The van der Waals surface area contributed by atoms with Gasteiger partial charge in [-0.2, -0.15) is 0 Å². The molecule has 23 heavy (non-hydrogen) atoms. The Morgan fingerprint density at radius 1 is 1.22 bits per heavy atom. The second kappa shape index (κ2) is 6.03. The van der Waals surface area contributed by atoms with Crippen molar-refractivity contribution < 1.29 is 9.13 Å². The van der Waals surface area contributed by atoms with Crippen LogP contribution in [0.1, 0.15) is 30.7 Å². The Hall–Kier alpha value is -2.36. The van der Waals surface area contributed by atoms with Gasteiger partial charge in [-0.1, -0.05) is 18.2 Å². The third kappa shape index (κ3) is 2.81. The van der Waals surface area contributed by atoms with Crippen LogP contribution in [0.25, 0.3) is 0 Å². The Balaban J connectivity index is 1.71. The summed E-state index contributed by atoms with van der Waals surface area (Å²) in [6.07, 6.45) is 8.60. The van der Waals surface area contributed by atoms with Crippen LogP contribution in [0.3, 0.4) is 0 Å². The van der Waals surface area contributed by atoms with E-state index in [9.17, 15) is 4.39 Å². The van der Waals surface area contributed by atoms with Crippen molar-refractivity contribution in [1.29, 1.82) is 0 Å². The summed E-state index contributed by atoms with van der Waals surface area (Å²) in [6, 6.07) is 6.82. The number of allylic oxidation sites excluding steroid dienone is 4. The Morgan fingerprint density at radius 2 is 2.09 bits per heavy atom. The highest BCUT2D eigenvalue weighted by Gasteiger charge is 2.30. The zero-order chi connectivity index (χ0) is 15.6. The van der Waals surface area contributed by atoms with Crippen LogP contribution in [-0.2, 0) is 4.74 Å². The predicted octanol–water partition coefficient (Wildman–Crippen LogP) is 3.82. The standard InChI is InChI=1S/C19H19FN2O/c20-15-6-3-13(4-7-15)17(12-18-21-9-10-22-18)16-8-5-14-2-1-11-23-19(14)16/h1-4,6-7,11,17H,5,8-10,12H2,(H,21,22). The van der Waals surface area contributed by atoms with Crippen molar-refractivity contribution in [1.82, 2.24) is 5.32 Å². The number of nitrogens with zero attached hydrogens (tertiary/aromatic N) is 1. The molecular formula is C19H19FN2O. The molecule has 4 rings (SSSR count). The van der Waals surface area contributed by atoms with Crippen LogP contribution in [0.2, 0.25) is 0 Å². The van der Waals surface area contributed by atoms with Gasteiger partial charge in [0.15, 0.2) is 0 Å². The molecule has 1 aromatic rings. The van der Waals surface area contributed by atoms with E-state index in [0.29, 0.717) is 0 Å². The third-order valence-electron chi connectivity index (χ3n) is 4.64. The zero-order valence-electron chi connectivity index (χ0n) is 12.9. The van der Waals surface area contributed by atoms with Crippen LogP contribution in [0.5, 0.6) is 0 Å². The summed E-state index contributed by atoms with van der Waals surface area (Å²) < 4.78 is 19.1. The van der Waals surface area contributed by atoms with Crippen molar-refractivity contribution in [3.05, 3.63) is 71.0 Å². The van der Waals surface area contributed by atoms with Gasteiger partial charge in [0.25, 0.3) is 0 Å². The minimum Gasteiger partial charge on any atom is -0.465 e. The quantitative estimate of drug-likeness (QED) is 0.917. The van der Waals surface area contributed by atoms with Crippen molar-refractivity contribution in [2.45, 2.75) is 25.2 Å². The fraction of sp³-hybridized carbons (Fsp3) is 0.316. The van der Waals surface area contributed by atoms with E-state index in [0.717, 1.165) is 49.5 Å². The first kappa shape index (κ1) is 14.2. The average molecular weight is 310 g/mol. The molecule has 0 spiro atoms. The maximum Gasteiger partial charge on any atom is 0.129 e. The molecule has 0 saturated carbocycles. The zero-order valence-corrected chi connectivity index (χ0v) is 12.9. The average Bonchev–Trinajstić information content (AvgIpc) is 3.23. The first-order chi connectivity index (χ1) is 11.3. The molecule has 0 fully saturated rings. The molecule has 1 N–H and O–H groups in total. The van der Waals surface area contributed by atoms with Crippen molar-refractivity contribution >= 4 is 5.84 Å². The molecule has 3 aliphatic rings. The van der Waals surface area contributed by atoms with Gasteiger partial charge >= 0.3 is 0 Å². The Bertz CT molecular complexity index is 728. The molecule has 1 atom stereocenters. The van der Waals surface area contributed by atoms with E-state index in [-0.39, 0.29) is 11.7 Å². The van der Waals surface area contributed by atoms with Crippen LogP contribution >= 0.6 is 0 Å².